The molecule has 146 valence electrons. The average Bonchev–Trinajstić information content (AvgIpc) is 3.00. The van der Waals surface area contributed by atoms with Crippen LogP contribution >= 0.6 is 0 Å². The molecule has 1 saturated carbocycles. The molecule has 1 heterocycles. The van der Waals surface area contributed by atoms with E-state index in [4.69, 9.17) is 9.47 Å². The first-order valence-electron chi connectivity index (χ1n) is 9.70. The number of benzene rings is 2. The highest BCUT2D eigenvalue weighted by Crippen LogP contribution is 2.46. The Labute approximate surface area is 164 Å². The van der Waals surface area contributed by atoms with Crippen molar-refractivity contribution in [2.75, 3.05) is 10.6 Å². The van der Waals surface area contributed by atoms with Crippen molar-refractivity contribution in [3.05, 3.63) is 48.0 Å². The Morgan fingerprint density at radius 3 is 2.29 bits per heavy atom. The predicted molar refractivity (Wildman–Crippen MR) is 107 cm³/mol. The van der Waals surface area contributed by atoms with Crippen LogP contribution < -0.4 is 20.1 Å². The lowest BCUT2D eigenvalue weighted by Gasteiger charge is -2.31. The lowest BCUT2D eigenvalue weighted by atomic mass is 9.94. The Balaban J connectivity index is 1.37. The van der Waals surface area contributed by atoms with Crippen LogP contribution in [0.3, 0.4) is 0 Å². The molecule has 6 nitrogen and oxygen atoms in total. The van der Waals surface area contributed by atoms with Gasteiger partial charge in [0.25, 0.3) is 5.79 Å². The van der Waals surface area contributed by atoms with E-state index in [-0.39, 0.29) is 18.2 Å². The molecule has 0 aromatic heterocycles. The molecule has 4 rings (SSSR count). The first-order chi connectivity index (χ1) is 13.5. The number of carbonyl (C=O) groups is 2. The quantitative estimate of drug-likeness (QED) is 0.831. The third kappa shape index (κ3) is 4.11. The SMILES string of the molecule is CC(=O)Nc1ccc(CC(=O)Nc2ccc3c(c2)OC2(CCCCC2)O3)cc1. The number of fused-ring (bicyclic) bond motifs is 1. The summed E-state index contributed by atoms with van der Waals surface area (Å²) in [5.41, 5.74) is 2.27. The molecule has 0 unspecified atom stereocenters. The van der Waals surface area contributed by atoms with Gasteiger partial charge in [-0.25, -0.2) is 0 Å². The van der Waals surface area contributed by atoms with Gasteiger partial charge in [-0.3, -0.25) is 9.59 Å². The second kappa shape index (κ2) is 7.54. The molecule has 1 aliphatic carbocycles. The molecular formula is C22H24N2O4. The molecule has 1 aliphatic heterocycles. The molecule has 0 radical (unpaired) electrons. The minimum atomic E-state index is -0.515. The molecule has 1 fully saturated rings. The van der Waals surface area contributed by atoms with E-state index < -0.39 is 5.79 Å². The molecule has 0 bridgehead atoms. The van der Waals surface area contributed by atoms with Gasteiger partial charge in [-0.15, -0.1) is 0 Å². The summed E-state index contributed by atoms with van der Waals surface area (Å²) >= 11 is 0. The maximum Gasteiger partial charge on any atom is 0.251 e. The van der Waals surface area contributed by atoms with Crippen molar-refractivity contribution in [2.45, 2.75) is 51.2 Å². The van der Waals surface area contributed by atoms with Crippen molar-refractivity contribution >= 4 is 23.2 Å². The van der Waals surface area contributed by atoms with E-state index in [9.17, 15) is 9.59 Å². The minimum Gasteiger partial charge on any atom is -0.448 e. The molecule has 28 heavy (non-hydrogen) atoms. The zero-order chi connectivity index (χ0) is 19.6. The van der Waals surface area contributed by atoms with Gasteiger partial charge in [-0.2, -0.15) is 0 Å². The summed E-state index contributed by atoms with van der Waals surface area (Å²) in [6.45, 7) is 1.46. The van der Waals surface area contributed by atoms with Crippen LogP contribution in [-0.4, -0.2) is 17.6 Å². The molecule has 0 saturated heterocycles. The van der Waals surface area contributed by atoms with Gasteiger partial charge in [0.05, 0.1) is 6.42 Å². The van der Waals surface area contributed by atoms with Crippen molar-refractivity contribution in [1.29, 1.82) is 0 Å². The van der Waals surface area contributed by atoms with E-state index in [1.807, 2.05) is 30.3 Å². The van der Waals surface area contributed by atoms with Crippen LogP contribution in [0.2, 0.25) is 0 Å². The van der Waals surface area contributed by atoms with E-state index in [1.165, 1.54) is 13.3 Å². The van der Waals surface area contributed by atoms with Gasteiger partial charge < -0.3 is 20.1 Å². The molecule has 2 aromatic carbocycles. The third-order valence-corrected chi connectivity index (χ3v) is 5.07. The molecule has 2 amide bonds. The summed E-state index contributed by atoms with van der Waals surface area (Å²) in [6.07, 6.45) is 5.49. The van der Waals surface area contributed by atoms with Crippen molar-refractivity contribution in [3.8, 4) is 11.5 Å². The minimum absolute atomic E-state index is 0.112. The molecular weight excluding hydrogens is 356 g/mol. The van der Waals surface area contributed by atoms with Gasteiger partial charge in [0.2, 0.25) is 11.8 Å². The summed E-state index contributed by atoms with van der Waals surface area (Å²) in [7, 11) is 0. The monoisotopic (exact) mass is 380 g/mol. The summed E-state index contributed by atoms with van der Waals surface area (Å²) in [6, 6.07) is 12.8. The normalized spacial score (nSPS) is 16.6. The second-order valence-electron chi connectivity index (χ2n) is 7.44. The maximum atomic E-state index is 12.4. The Hall–Kier alpha value is -3.02. The average molecular weight is 380 g/mol. The number of rotatable bonds is 4. The summed E-state index contributed by atoms with van der Waals surface area (Å²) in [5.74, 6) is 0.688. The Morgan fingerprint density at radius 1 is 0.893 bits per heavy atom. The molecule has 0 atom stereocenters. The lowest BCUT2D eigenvalue weighted by Crippen LogP contribution is -2.40. The van der Waals surface area contributed by atoms with Gasteiger partial charge in [0, 0.05) is 37.2 Å². The van der Waals surface area contributed by atoms with E-state index in [0.29, 0.717) is 17.1 Å². The van der Waals surface area contributed by atoms with Gasteiger partial charge in [0.1, 0.15) is 0 Å². The zero-order valence-electron chi connectivity index (χ0n) is 15.9. The number of amides is 2. The molecule has 2 aliphatic rings. The van der Waals surface area contributed by atoms with Crippen molar-refractivity contribution < 1.29 is 19.1 Å². The fourth-order valence-electron chi connectivity index (χ4n) is 3.77. The van der Waals surface area contributed by atoms with Crippen molar-refractivity contribution in [2.24, 2.45) is 0 Å². The molecule has 6 heteroatoms. The van der Waals surface area contributed by atoms with E-state index in [0.717, 1.165) is 37.0 Å². The maximum absolute atomic E-state index is 12.4. The summed E-state index contributed by atoms with van der Waals surface area (Å²) < 4.78 is 12.2. The van der Waals surface area contributed by atoms with Crippen LogP contribution in [0.5, 0.6) is 11.5 Å². The van der Waals surface area contributed by atoms with Gasteiger partial charge >= 0.3 is 0 Å². The Bertz CT molecular complexity index is 886. The van der Waals surface area contributed by atoms with Gasteiger partial charge in [-0.05, 0) is 42.7 Å². The van der Waals surface area contributed by atoms with Gasteiger partial charge in [0.15, 0.2) is 11.5 Å². The van der Waals surface area contributed by atoms with Crippen molar-refractivity contribution in [3.63, 3.8) is 0 Å². The third-order valence-electron chi connectivity index (χ3n) is 5.07. The summed E-state index contributed by atoms with van der Waals surface area (Å²) in [5, 5.41) is 5.62. The van der Waals surface area contributed by atoms with Crippen LogP contribution in [0.1, 0.15) is 44.6 Å². The van der Waals surface area contributed by atoms with Gasteiger partial charge in [-0.1, -0.05) is 18.6 Å². The fourth-order valence-corrected chi connectivity index (χ4v) is 3.77. The highest BCUT2D eigenvalue weighted by Gasteiger charge is 2.42. The molecule has 2 aromatic rings. The number of hydrogen-bond acceptors (Lipinski definition) is 4. The Morgan fingerprint density at radius 2 is 1.57 bits per heavy atom. The largest absolute Gasteiger partial charge is 0.448 e. The summed E-state index contributed by atoms with van der Waals surface area (Å²) in [4.78, 5) is 23.5. The van der Waals surface area contributed by atoms with Crippen LogP contribution in [0, 0.1) is 0 Å². The highest BCUT2D eigenvalue weighted by molar-refractivity contribution is 5.93. The number of carbonyl (C=O) groups excluding carboxylic acids is 2. The first kappa shape index (κ1) is 18.3. The zero-order valence-corrected chi connectivity index (χ0v) is 15.9. The van der Waals surface area contributed by atoms with E-state index >= 15 is 0 Å². The molecule has 1 spiro atoms. The van der Waals surface area contributed by atoms with Crippen LogP contribution in [0.15, 0.2) is 42.5 Å². The smallest absolute Gasteiger partial charge is 0.251 e. The van der Waals surface area contributed by atoms with Crippen LogP contribution in [0.4, 0.5) is 11.4 Å². The number of nitrogens with one attached hydrogen (secondary N) is 2. The number of hydrogen-bond donors (Lipinski definition) is 2. The fraction of sp³-hybridized carbons (Fsp3) is 0.364. The first-order valence-corrected chi connectivity index (χ1v) is 9.70. The van der Waals surface area contributed by atoms with E-state index in [1.54, 1.807) is 12.1 Å². The number of ether oxygens (including phenoxy) is 2. The second-order valence-corrected chi connectivity index (χ2v) is 7.44. The Kier molecular flexibility index (Phi) is 4.94. The number of anilines is 2. The van der Waals surface area contributed by atoms with Crippen LogP contribution in [0.25, 0.3) is 0 Å². The standard InChI is InChI=1S/C22H24N2O4/c1-15(25)23-17-7-5-16(6-8-17)13-21(26)24-18-9-10-19-20(14-18)28-22(27-19)11-3-2-4-12-22/h5-10,14H,2-4,11-13H2,1H3,(H,23,25)(H,24,26). The van der Waals surface area contributed by atoms with E-state index in [2.05, 4.69) is 10.6 Å². The topological polar surface area (TPSA) is 76.7 Å². The van der Waals surface area contributed by atoms with Crippen LogP contribution in [-0.2, 0) is 16.0 Å². The highest BCUT2D eigenvalue weighted by atomic mass is 16.7. The predicted octanol–water partition coefficient (Wildman–Crippen LogP) is 4.26. The lowest BCUT2D eigenvalue weighted by molar-refractivity contribution is -0.116. The van der Waals surface area contributed by atoms with Crippen molar-refractivity contribution in [1.82, 2.24) is 0 Å². The molecule has 2 N–H and O–H groups in total.